The number of amides is 1. The largest absolute Gasteiger partial charge is 0.394 e. The molecule has 3 heterocycles. The molecule has 0 saturated carbocycles. The quantitative estimate of drug-likeness (QED) is 0.287. The zero-order chi connectivity index (χ0) is 23.4. The number of imidazole rings is 1. The molecule has 1 saturated heterocycles. The number of carbonyl (C=O) groups excluding carboxylic acids is 1. The number of nitrogens with one attached hydrogen (secondary N) is 2. The summed E-state index contributed by atoms with van der Waals surface area (Å²) in [6, 6.07) is 5.32. The van der Waals surface area contributed by atoms with Crippen LogP contribution in [0.2, 0.25) is 10.0 Å². The van der Waals surface area contributed by atoms with Crippen LogP contribution in [0.5, 0.6) is 0 Å². The SMILES string of the molecule is O=C(NOCCO)c1cn2c(CN3CCOCC3)cnc2c(Cl)c1Nc1ccc(Br)cc1Cl. The van der Waals surface area contributed by atoms with E-state index >= 15 is 0 Å². The number of nitrogens with zero attached hydrogens (tertiary/aromatic N) is 3. The minimum absolute atomic E-state index is 0.0453. The topological polar surface area (TPSA) is 100 Å². The summed E-state index contributed by atoms with van der Waals surface area (Å²) in [6.07, 6.45) is 3.41. The molecule has 1 aromatic carbocycles. The molecule has 1 aliphatic rings. The molecular formula is C21H22BrCl2N5O4. The highest BCUT2D eigenvalue weighted by Gasteiger charge is 2.22. The van der Waals surface area contributed by atoms with Crippen LogP contribution in [0.4, 0.5) is 11.4 Å². The van der Waals surface area contributed by atoms with Gasteiger partial charge >= 0.3 is 0 Å². The van der Waals surface area contributed by atoms with Crippen LogP contribution in [0.1, 0.15) is 16.1 Å². The molecule has 0 aliphatic carbocycles. The number of pyridine rings is 1. The first-order valence-electron chi connectivity index (χ1n) is 10.2. The summed E-state index contributed by atoms with van der Waals surface area (Å²) in [4.78, 5) is 24.7. The summed E-state index contributed by atoms with van der Waals surface area (Å²) in [7, 11) is 0. The van der Waals surface area contributed by atoms with Crippen molar-refractivity contribution in [1.82, 2.24) is 19.8 Å². The number of aliphatic hydroxyl groups excluding tert-OH is 1. The number of halogens is 3. The number of benzene rings is 1. The molecule has 0 unspecified atom stereocenters. The van der Waals surface area contributed by atoms with Gasteiger partial charge in [-0.05, 0) is 18.2 Å². The van der Waals surface area contributed by atoms with E-state index in [0.29, 0.717) is 41.8 Å². The molecule has 33 heavy (non-hydrogen) atoms. The summed E-state index contributed by atoms with van der Waals surface area (Å²) in [6.45, 7) is 3.33. The maximum absolute atomic E-state index is 13.0. The third-order valence-electron chi connectivity index (χ3n) is 5.10. The van der Waals surface area contributed by atoms with Crippen LogP contribution in [-0.2, 0) is 16.1 Å². The molecule has 2 aromatic heterocycles. The maximum atomic E-state index is 13.0. The summed E-state index contributed by atoms with van der Waals surface area (Å²) < 4.78 is 8.03. The molecule has 1 fully saturated rings. The van der Waals surface area contributed by atoms with Gasteiger partial charge in [0, 0.05) is 30.3 Å². The van der Waals surface area contributed by atoms with Gasteiger partial charge in [-0.25, -0.2) is 10.5 Å². The van der Waals surface area contributed by atoms with Crippen molar-refractivity contribution in [3.63, 3.8) is 0 Å². The van der Waals surface area contributed by atoms with Crippen molar-refractivity contribution in [3.05, 3.63) is 56.4 Å². The van der Waals surface area contributed by atoms with Crippen LogP contribution in [0.15, 0.2) is 35.1 Å². The van der Waals surface area contributed by atoms with Gasteiger partial charge in [0.2, 0.25) is 0 Å². The highest BCUT2D eigenvalue weighted by molar-refractivity contribution is 9.10. The number of hydrogen-bond donors (Lipinski definition) is 3. The van der Waals surface area contributed by atoms with Gasteiger partial charge in [0.1, 0.15) is 5.02 Å². The van der Waals surface area contributed by atoms with Crippen molar-refractivity contribution in [2.45, 2.75) is 6.54 Å². The molecule has 9 nitrogen and oxygen atoms in total. The Morgan fingerprint density at radius 3 is 2.82 bits per heavy atom. The number of hydroxylamine groups is 1. The fourth-order valence-corrected chi connectivity index (χ4v) is 4.48. The summed E-state index contributed by atoms with van der Waals surface area (Å²) >= 11 is 16.5. The Bertz CT molecular complexity index is 1150. The van der Waals surface area contributed by atoms with E-state index in [0.717, 1.165) is 23.3 Å². The Morgan fingerprint density at radius 2 is 2.09 bits per heavy atom. The van der Waals surface area contributed by atoms with E-state index in [2.05, 4.69) is 36.6 Å². The second kappa shape index (κ2) is 11.0. The van der Waals surface area contributed by atoms with Crippen LogP contribution in [0.25, 0.3) is 5.65 Å². The first kappa shape index (κ1) is 24.2. The van der Waals surface area contributed by atoms with Gasteiger partial charge < -0.3 is 19.6 Å². The molecule has 0 bridgehead atoms. The fourth-order valence-electron chi connectivity index (χ4n) is 3.47. The zero-order valence-electron chi connectivity index (χ0n) is 17.5. The molecule has 0 atom stereocenters. The second-order valence-corrected chi connectivity index (χ2v) is 9.02. The predicted octanol–water partition coefficient (Wildman–Crippen LogP) is 3.63. The Hall–Kier alpha value is -1.92. The Kier molecular flexibility index (Phi) is 8.07. The van der Waals surface area contributed by atoms with Crippen LogP contribution < -0.4 is 10.8 Å². The summed E-state index contributed by atoms with van der Waals surface area (Å²) in [5.41, 5.74) is 4.85. The Morgan fingerprint density at radius 1 is 1.30 bits per heavy atom. The Balaban J connectivity index is 1.74. The van der Waals surface area contributed by atoms with Gasteiger partial charge in [-0.3, -0.25) is 14.5 Å². The lowest BCUT2D eigenvalue weighted by atomic mass is 10.2. The van der Waals surface area contributed by atoms with Gasteiger partial charge in [0.25, 0.3) is 5.91 Å². The van der Waals surface area contributed by atoms with Crippen molar-refractivity contribution in [2.75, 3.05) is 44.8 Å². The number of anilines is 2. The normalized spacial score (nSPS) is 14.5. The zero-order valence-corrected chi connectivity index (χ0v) is 20.6. The average Bonchev–Trinajstić information content (AvgIpc) is 3.20. The summed E-state index contributed by atoms with van der Waals surface area (Å²) in [5.74, 6) is -0.533. The first-order valence-corrected chi connectivity index (χ1v) is 11.8. The fraction of sp³-hybridized carbons (Fsp3) is 0.333. The lowest BCUT2D eigenvalue weighted by Crippen LogP contribution is -2.36. The molecular weight excluding hydrogens is 537 g/mol. The molecule has 0 radical (unpaired) electrons. The van der Waals surface area contributed by atoms with Crippen molar-refractivity contribution in [3.8, 4) is 0 Å². The third-order valence-corrected chi connectivity index (χ3v) is 6.26. The van der Waals surface area contributed by atoms with Gasteiger partial charge in [0.15, 0.2) is 5.65 Å². The third kappa shape index (κ3) is 5.60. The van der Waals surface area contributed by atoms with E-state index < -0.39 is 5.91 Å². The molecule has 0 spiro atoms. The monoisotopic (exact) mass is 557 g/mol. The number of morpholine rings is 1. The molecule has 176 valence electrons. The van der Waals surface area contributed by atoms with E-state index in [9.17, 15) is 4.79 Å². The number of rotatable bonds is 8. The second-order valence-electron chi connectivity index (χ2n) is 7.32. The lowest BCUT2D eigenvalue weighted by molar-refractivity contribution is 0.0168. The number of aliphatic hydroxyl groups is 1. The van der Waals surface area contributed by atoms with Crippen LogP contribution >= 0.6 is 39.1 Å². The highest BCUT2D eigenvalue weighted by Crippen LogP contribution is 2.36. The van der Waals surface area contributed by atoms with E-state index in [-0.39, 0.29) is 23.8 Å². The smallest absolute Gasteiger partial charge is 0.278 e. The van der Waals surface area contributed by atoms with Gasteiger partial charge in [-0.2, -0.15) is 0 Å². The van der Waals surface area contributed by atoms with E-state index in [1.807, 2.05) is 6.07 Å². The maximum Gasteiger partial charge on any atom is 0.278 e. The Labute approximate surface area is 208 Å². The standard InChI is InChI=1S/C21H22BrCl2N5O4/c22-13-1-2-17(16(23)9-13)26-19-15(21(31)27-33-8-5-30)12-29-14(10-25-20(29)18(19)24)11-28-3-6-32-7-4-28/h1-2,9-10,12,26,30H,3-8,11H2,(H,27,31). The van der Waals surface area contributed by atoms with Gasteiger partial charge in [0.05, 0.1) is 60.3 Å². The van der Waals surface area contributed by atoms with E-state index in [4.69, 9.17) is 37.9 Å². The van der Waals surface area contributed by atoms with Crippen molar-refractivity contribution in [2.24, 2.45) is 0 Å². The van der Waals surface area contributed by atoms with Crippen molar-refractivity contribution >= 4 is 62.1 Å². The van der Waals surface area contributed by atoms with Crippen LogP contribution in [0, 0.1) is 0 Å². The number of hydrogen-bond acceptors (Lipinski definition) is 7. The van der Waals surface area contributed by atoms with Gasteiger partial charge in [-0.15, -0.1) is 0 Å². The molecule has 12 heteroatoms. The number of aromatic nitrogens is 2. The van der Waals surface area contributed by atoms with Gasteiger partial charge in [-0.1, -0.05) is 39.1 Å². The lowest BCUT2D eigenvalue weighted by Gasteiger charge is -2.26. The minimum Gasteiger partial charge on any atom is -0.394 e. The minimum atomic E-state index is -0.533. The number of carbonyl (C=O) groups is 1. The molecule has 1 aliphatic heterocycles. The molecule has 4 rings (SSSR count). The summed E-state index contributed by atoms with van der Waals surface area (Å²) in [5, 5.41) is 12.8. The van der Waals surface area contributed by atoms with E-state index in [1.54, 1.807) is 28.9 Å². The predicted molar refractivity (Wildman–Crippen MR) is 129 cm³/mol. The van der Waals surface area contributed by atoms with E-state index in [1.165, 1.54) is 0 Å². The van der Waals surface area contributed by atoms with Crippen molar-refractivity contribution in [1.29, 1.82) is 0 Å². The van der Waals surface area contributed by atoms with Crippen molar-refractivity contribution < 1.29 is 19.5 Å². The average molecular weight is 559 g/mol. The number of ether oxygens (including phenoxy) is 1. The molecule has 1 amide bonds. The molecule has 3 aromatic rings. The number of fused-ring (bicyclic) bond motifs is 1. The van der Waals surface area contributed by atoms with Crippen LogP contribution in [-0.4, -0.2) is 64.8 Å². The molecule has 3 N–H and O–H groups in total. The highest BCUT2D eigenvalue weighted by atomic mass is 79.9. The first-order chi connectivity index (χ1) is 16.0. The van der Waals surface area contributed by atoms with Crippen LogP contribution in [0.3, 0.4) is 0 Å².